The number of carboxylic acid groups (broad SMARTS) is 1. The van der Waals surface area contributed by atoms with Crippen molar-refractivity contribution in [1.29, 1.82) is 0 Å². The molecular weight excluding hydrogens is 274 g/mol. The van der Waals surface area contributed by atoms with Crippen LogP contribution < -0.4 is 10.6 Å². The van der Waals surface area contributed by atoms with Gasteiger partial charge in [0.15, 0.2) is 0 Å². The van der Waals surface area contributed by atoms with Gasteiger partial charge in [-0.05, 0) is 18.6 Å². The Balaban J connectivity index is 2.37. The van der Waals surface area contributed by atoms with Crippen LogP contribution in [-0.4, -0.2) is 34.6 Å². The van der Waals surface area contributed by atoms with Gasteiger partial charge in [-0.1, -0.05) is 17.7 Å². The van der Waals surface area contributed by atoms with Gasteiger partial charge in [-0.2, -0.15) is 0 Å². The van der Waals surface area contributed by atoms with Gasteiger partial charge in [-0.25, -0.2) is 0 Å². The Kier molecular flexibility index (Phi) is 3.34. The molecular formula is C11H12ClN3O4. The smallest absolute Gasteiger partial charge is 0.325 e. The summed E-state index contributed by atoms with van der Waals surface area (Å²) >= 11 is 5.82. The minimum atomic E-state index is -1.38. The van der Waals surface area contributed by atoms with Crippen LogP contribution in [0.3, 0.4) is 0 Å². The molecule has 8 heteroatoms. The topological polar surface area (TPSA) is 110 Å². The maximum Gasteiger partial charge on any atom is 0.325 e. The number of carbonyl (C=O) groups is 1. The quantitative estimate of drug-likeness (QED) is 0.639. The Hall–Kier alpha value is -1.86. The fourth-order valence-corrected chi connectivity index (χ4v) is 2.39. The molecule has 3 N–H and O–H groups in total. The van der Waals surface area contributed by atoms with Gasteiger partial charge in [-0.15, -0.1) is 0 Å². The molecule has 1 aromatic rings. The van der Waals surface area contributed by atoms with Gasteiger partial charge < -0.3 is 15.7 Å². The third kappa shape index (κ3) is 2.34. The van der Waals surface area contributed by atoms with Crippen LogP contribution in [0.25, 0.3) is 0 Å². The third-order valence-corrected chi connectivity index (χ3v) is 3.52. The van der Waals surface area contributed by atoms with Crippen molar-refractivity contribution in [3.63, 3.8) is 0 Å². The second kappa shape index (κ2) is 4.67. The zero-order valence-corrected chi connectivity index (χ0v) is 10.6. The van der Waals surface area contributed by atoms with Crippen molar-refractivity contribution in [3.8, 4) is 0 Å². The number of nitro groups is 1. The van der Waals surface area contributed by atoms with Gasteiger partial charge in [0, 0.05) is 13.1 Å². The zero-order valence-electron chi connectivity index (χ0n) is 9.88. The lowest BCUT2D eigenvalue weighted by molar-refractivity contribution is -0.384. The first-order chi connectivity index (χ1) is 8.85. The fourth-order valence-electron chi connectivity index (χ4n) is 2.15. The molecule has 1 aromatic carbocycles. The van der Waals surface area contributed by atoms with E-state index in [-0.39, 0.29) is 23.7 Å². The Morgan fingerprint density at radius 1 is 1.58 bits per heavy atom. The fraction of sp³-hybridized carbons (Fsp3) is 0.364. The molecule has 2 rings (SSSR count). The first kappa shape index (κ1) is 13.6. The number of nitrogens with zero attached hydrogens (tertiary/aromatic N) is 2. The summed E-state index contributed by atoms with van der Waals surface area (Å²) < 4.78 is 0. The lowest BCUT2D eigenvalue weighted by Gasteiger charge is -2.21. The molecule has 0 aromatic heterocycles. The minimum absolute atomic E-state index is 0.0174. The molecule has 7 nitrogen and oxygen atoms in total. The summed E-state index contributed by atoms with van der Waals surface area (Å²) in [6, 6.07) is 4.55. The van der Waals surface area contributed by atoms with E-state index in [2.05, 4.69) is 0 Å². The highest BCUT2D eigenvalue weighted by atomic mass is 35.5. The average Bonchev–Trinajstić information content (AvgIpc) is 2.72. The highest BCUT2D eigenvalue weighted by Crippen LogP contribution is 2.37. The van der Waals surface area contributed by atoms with Crippen LogP contribution >= 0.6 is 11.6 Å². The Morgan fingerprint density at radius 2 is 2.26 bits per heavy atom. The molecule has 1 fully saturated rings. The van der Waals surface area contributed by atoms with Crippen LogP contribution in [0.15, 0.2) is 18.2 Å². The van der Waals surface area contributed by atoms with E-state index < -0.39 is 16.4 Å². The molecule has 0 amide bonds. The summed E-state index contributed by atoms with van der Waals surface area (Å²) in [7, 11) is 0. The molecule has 102 valence electrons. The molecule has 0 saturated carbocycles. The lowest BCUT2D eigenvalue weighted by atomic mass is 10.0. The molecule has 0 radical (unpaired) electrons. The molecule has 0 spiro atoms. The Labute approximate surface area is 113 Å². The molecule has 0 bridgehead atoms. The van der Waals surface area contributed by atoms with E-state index in [0.717, 1.165) is 0 Å². The number of hydrogen-bond acceptors (Lipinski definition) is 5. The van der Waals surface area contributed by atoms with Crippen LogP contribution in [0.5, 0.6) is 0 Å². The van der Waals surface area contributed by atoms with E-state index >= 15 is 0 Å². The Bertz CT molecular complexity index is 551. The predicted octanol–water partition coefficient (Wildman–Crippen LogP) is 1.24. The van der Waals surface area contributed by atoms with E-state index in [9.17, 15) is 14.9 Å². The molecule has 1 atom stereocenters. The van der Waals surface area contributed by atoms with E-state index in [0.29, 0.717) is 12.2 Å². The van der Waals surface area contributed by atoms with Gasteiger partial charge in [0.1, 0.15) is 16.2 Å². The van der Waals surface area contributed by atoms with E-state index in [1.807, 2.05) is 0 Å². The van der Waals surface area contributed by atoms with E-state index in [4.69, 9.17) is 22.4 Å². The van der Waals surface area contributed by atoms with Gasteiger partial charge >= 0.3 is 11.7 Å². The van der Waals surface area contributed by atoms with Crippen molar-refractivity contribution in [1.82, 2.24) is 0 Å². The van der Waals surface area contributed by atoms with Crippen LogP contribution in [0.2, 0.25) is 5.02 Å². The van der Waals surface area contributed by atoms with Crippen molar-refractivity contribution in [2.45, 2.75) is 12.0 Å². The van der Waals surface area contributed by atoms with Crippen LogP contribution in [0.1, 0.15) is 6.42 Å². The second-order valence-electron chi connectivity index (χ2n) is 4.50. The molecule has 1 aliphatic heterocycles. The molecule has 1 unspecified atom stereocenters. The van der Waals surface area contributed by atoms with Crippen LogP contribution in [0.4, 0.5) is 11.4 Å². The van der Waals surface area contributed by atoms with Crippen molar-refractivity contribution in [2.75, 3.05) is 18.0 Å². The number of rotatable bonds is 3. The number of para-hydroxylation sites is 1. The minimum Gasteiger partial charge on any atom is -0.480 e. The van der Waals surface area contributed by atoms with Crippen molar-refractivity contribution >= 4 is 28.9 Å². The SMILES string of the molecule is NC1(C(=O)O)CCN(c2cccc(Cl)c2[N+](=O)[O-])C1. The first-order valence-electron chi connectivity index (χ1n) is 5.55. The summed E-state index contributed by atoms with van der Waals surface area (Å²) in [5, 5.41) is 20.1. The molecule has 1 aliphatic rings. The standard InChI is InChI=1S/C11H12ClN3O4/c12-7-2-1-3-8(9(7)15(18)19)14-5-4-11(13,6-14)10(16)17/h1-3H,4-6,13H2,(H,16,17). The van der Waals surface area contributed by atoms with Gasteiger partial charge in [-0.3, -0.25) is 14.9 Å². The number of nitrogens with two attached hydrogens (primary N) is 1. The van der Waals surface area contributed by atoms with Crippen LogP contribution in [0, 0.1) is 10.1 Å². The maximum absolute atomic E-state index is 11.1. The Morgan fingerprint density at radius 3 is 2.79 bits per heavy atom. The molecule has 1 heterocycles. The predicted molar refractivity (Wildman–Crippen MR) is 69.5 cm³/mol. The zero-order chi connectivity index (χ0) is 14.2. The monoisotopic (exact) mass is 285 g/mol. The summed E-state index contributed by atoms with van der Waals surface area (Å²) in [4.78, 5) is 23.1. The summed E-state index contributed by atoms with van der Waals surface area (Å²) in [5.41, 5.74) is 4.44. The molecule has 0 aliphatic carbocycles. The number of anilines is 1. The van der Waals surface area contributed by atoms with Crippen molar-refractivity contribution in [2.24, 2.45) is 5.73 Å². The van der Waals surface area contributed by atoms with E-state index in [1.54, 1.807) is 11.0 Å². The summed E-state index contributed by atoms with van der Waals surface area (Å²) in [6.07, 6.45) is 0.228. The van der Waals surface area contributed by atoms with Crippen molar-refractivity contribution in [3.05, 3.63) is 33.3 Å². The number of benzene rings is 1. The lowest BCUT2D eigenvalue weighted by Crippen LogP contribution is -2.50. The summed E-state index contributed by atoms with van der Waals surface area (Å²) in [5.74, 6) is -1.11. The number of hydrogen-bond donors (Lipinski definition) is 2. The molecule has 1 saturated heterocycles. The van der Waals surface area contributed by atoms with Gasteiger partial charge in [0.25, 0.3) is 0 Å². The number of halogens is 1. The number of carboxylic acids is 1. The number of aliphatic carboxylic acids is 1. The van der Waals surface area contributed by atoms with Gasteiger partial charge in [0.2, 0.25) is 0 Å². The van der Waals surface area contributed by atoms with Crippen molar-refractivity contribution < 1.29 is 14.8 Å². The normalized spacial score (nSPS) is 22.5. The first-order valence-corrected chi connectivity index (χ1v) is 5.93. The van der Waals surface area contributed by atoms with Gasteiger partial charge in [0.05, 0.1) is 4.92 Å². The average molecular weight is 286 g/mol. The second-order valence-corrected chi connectivity index (χ2v) is 4.90. The largest absolute Gasteiger partial charge is 0.480 e. The summed E-state index contributed by atoms with van der Waals surface area (Å²) in [6.45, 7) is 0.355. The van der Waals surface area contributed by atoms with Crippen LogP contribution in [-0.2, 0) is 4.79 Å². The highest BCUT2D eigenvalue weighted by Gasteiger charge is 2.42. The molecule has 19 heavy (non-hydrogen) atoms. The highest BCUT2D eigenvalue weighted by molar-refractivity contribution is 6.33. The third-order valence-electron chi connectivity index (χ3n) is 3.22. The maximum atomic E-state index is 11.1. The number of nitro benzene ring substituents is 1. The van der Waals surface area contributed by atoms with E-state index in [1.165, 1.54) is 12.1 Å².